The SMILES string of the molecule is COCCNc1nc(-n2ccnc2)ncc1Cc1cccc(OC)c1.Cc1nc(-n2ccnc2)nc(NCc2ccccc2)c1C. The van der Waals surface area contributed by atoms with Crippen LogP contribution in [0, 0.1) is 13.8 Å². The molecule has 12 heteroatoms. The number of ether oxygens (including phenoxy) is 2. The Balaban J connectivity index is 0.000000184. The highest BCUT2D eigenvalue weighted by Crippen LogP contribution is 2.21. The average molecular weight is 619 g/mol. The highest BCUT2D eigenvalue weighted by Gasteiger charge is 2.11. The third kappa shape index (κ3) is 8.51. The van der Waals surface area contributed by atoms with Crippen molar-refractivity contribution < 1.29 is 9.47 Å². The fraction of sp³-hybridized carbons (Fsp3) is 0.235. The second-order valence-corrected chi connectivity index (χ2v) is 10.4. The summed E-state index contributed by atoms with van der Waals surface area (Å²) in [6, 6.07) is 18.2. The number of methoxy groups -OCH3 is 2. The zero-order chi connectivity index (χ0) is 32.1. The first kappa shape index (κ1) is 31.8. The van der Waals surface area contributed by atoms with Gasteiger partial charge in [-0.25, -0.2) is 19.9 Å². The van der Waals surface area contributed by atoms with Gasteiger partial charge in [-0.1, -0.05) is 42.5 Å². The number of hydrogen-bond acceptors (Lipinski definition) is 10. The molecular formula is C34H38N10O2. The number of nitrogens with zero attached hydrogens (tertiary/aromatic N) is 8. The van der Waals surface area contributed by atoms with Crippen molar-refractivity contribution >= 4 is 11.6 Å². The monoisotopic (exact) mass is 618 g/mol. The second kappa shape index (κ2) is 15.9. The number of aryl methyl sites for hydroxylation is 1. The first-order valence-electron chi connectivity index (χ1n) is 14.9. The Morgan fingerprint density at radius 1 is 0.761 bits per heavy atom. The molecule has 0 unspecified atom stereocenters. The summed E-state index contributed by atoms with van der Waals surface area (Å²) in [5.41, 5.74) is 5.39. The molecule has 6 aromatic rings. The Bertz CT molecular complexity index is 1790. The molecule has 0 aliphatic rings. The highest BCUT2D eigenvalue weighted by molar-refractivity contribution is 5.49. The summed E-state index contributed by atoms with van der Waals surface area (Å²) in [4.78, 5) is 26.3. The van der Waals surface area contributed by atoms with Crippen LogP contribution in [-0.2, 0) is 17.7 Å². The lowest BCUT2D eigenvalue weighted by molar-refractivity contribution is 0.210. The molecule has 4 heterocycles. The molecule has 46 heavy (non-hydrogen) atoms. The maximum Gasteiger partial charge on any atom is 0.237 e. The van der Waals surface area contributed by atoms with E-state index < -0.39 is 0 Å². The normalized spacial score (nSPS) is 10.6. The Morgan fingerprint density at radius 3 is 2.17 bits per heavy atom. The third-order valence-electron chi connectivity index (χ3n) is 7.13. The maximum absolute atomic E-state index is 5.30. The highest BCUT2D eigenvalue weighted by atomic mass is 16.5. The zero-order valence-corrected chi connectivity index (χ0v) is 26.5. The predicted octanol–water partition coefficient (Wildman–Crippen LogP) is 5.21. The molecule has 0 aliphatic carbocycles. The van der Waals surface area contributed by atoms with Gasteiger partial charge in [0, 0.05) is 74.4 Å². The molecule has 0 bridgehead atoms. The van der Waals surface area contributed by atoms with Crippen LogP contribution < -0.4 is 15.4 Å². The van der Waals surface area contributed by atoms with E-state index in [4.69, 9.17) is 9.47 Å². The van der Waals surface area contributed by atoms with Crippen LogP contribution in [0.3, 0.4) is 0 Å². The van der Waals surface area contributed by atoms with Gasteiger partial charge in [-0.3, -0.25) is 9.13 Å². The van der Waals surface area contributed by atoms with Gasteiger partial charge in [-0.2, -0.15) is 9.97 Å². The minimum absolute atomic E-state index is 0.576. The van der Waals surface area contributed by atoms with Gasteiger partial charge < -0.3 is 20.1 Å². The van der Waals surface area contributed by atoms with E-state index in [9.17, 15) is 0 Å². The fourth-order valence-corrected chi connectivity index (χ4v) is 4.52. The van der Waals surface area contributed by atoms with Crippen molar-refractivity contribution in [3.8, 4) is 17.6 Å². The third-order valence-corrected chi connectivity index (χ3v) is 7.13. The van der Waals surface area contributed by atoms with E-state index in [0.29, 0.717) is 31.5 Å². The lowest BCUT2D eigenvalue weighted by atomic mass is 10.1. The Kier molecular flexibility index (Phi) is 11.0. The summed E-state index contributed by atoms with van der Waals surface area (Å²) >= 11 is 0. The van der Waals surface area contributed by atoms with Crippen molar-refractivity contribution in [3.05, 3.63) is 126 Å². The van der Waals surface area contributed by atoms with Crippen LogP contribution in [-0.4, -0.2) is 66.4 Å². The molecule has 236 valence electrons. The van der Waals surface area contributed by atoms with E-state index in [2.05, 4.69) is 58.7 Å². The second-order valence-electron chi connectivity index (χ2n) is 10.4. The van der Waals surface area contributed by atoms with Crippen LogP contribution in [0.15, 0.2) is 98.2 Å². The summed E-state index contributed by atoms with van der Waals surface area (Å²) < 4.78 is 14.0. The largest absolute Gasteiger partial charge is 0.497 e. The van der Waals surface area contributed by atoms with Gasteiger partial charge in [-0.15, -0.1) is 0 Å². The van der Waals surface area contributed by atoms with Crippen LogP contribution in [0.4, 0.5) is 11.6 Å². The zero-order valence-electron chi connectivity index (χ0n) is 26.5. The van der Waals surface area contributed by atoms with Crippen molar-refractivity contribution in [1.29, 1.82) is 0 Å². The minimum Gasteiger partial charge on any atom is -0.497 e. The number of nitrogens with one attached hydrogen (secondary N) is 2. The topological polar surface area (TPSA) is 130 Å². The molecule has 2 N–H and O–H groups in total. The summed E-state index contributed by atoms with van der Waals surface area (Å²) in [7, 11) is 3.34. The van der Waals surface area contributed by atoms with Crippen molar-refractivity contribution in [3.63, 3.8) is 0 Å². The smallest absolute Gasteiger partial charge is 0.237 e. The standard InChI is InChI=1S/C18H21N5O2.C16H17N5/c1-24-9-7-20-17-15(10-14-4-3-5-16(11-14)25-2)12-21-18(22-17)23-8-6-19-13-23;1-12-13(2)19-16(21-9-8-17-11-21)20-15(12)18-10-14-6-4-3-5-7-14/h3-6,8,11-13H,7,9-10H2,1-2H3,(H,20,21,22);3-9,11H,10H2,1-2H3,(H,18,19,20). The molecule has 6 rings (SSSR count). The van der Waals surface area contributed by atoms with E-state index in [1.807, 2.05) is 68.8 Å². The summed E-state index contributed by atoms with van der Waals surface area (Å²) in [5, 5.41) is 6.71. The molecule has 12 nitrogen and oxygen atoms in total. The molecular weight excluding hydrogens is 580 g/mol. The first-order chi connectivity index (χ1) is 22.5. The fourth-order valence-electron chi connectivity index (χ4n) is 4.52. The molecule has 0 saturated carbocycles. The molecule has 0 amide bonds. The van der Waals surface area contributed by atoms with Crippen LogP contribution in [0.2, 0.25) is 0 Å². The molecule has 0 radical (unpaired) electrons. The van der Waals surface area contributed by atoms with Gasteiger partial charge in [-0.05, 0) is 37.1 Å². The summed E-state index contributed by atoms with van der Waals surface area (Å²) in [5.74, 6) is 3.69. The summed E-state index contributed by atoms with van der Waals surface area (Å²) in [6.07, 6.45) is 13.0. The van der Waals surface area contributed by atoms with Gasteiger partial charge in [0.25, 0.3) is 0 Å². The van der Waals surface area contributed by atoms with Gasteiger partial charge in [0.05, 0.1) is 13.7 Å². The molecule has 0 fully saturated rings. The molecule has 0 aliphatic heterocycles. The number of benzene rings is 2. The van der Waals surface area contributed by atoms with E-state index in [1.165, 1.54) is 5.56 Å². The Labute approximate surface area is 268 Å². The van der Waals surface area contributed by atoms with Crippen LogP contribution in [0.25, 0.3) is 11.9 Å². The van der Waals surface area contributed by atoms with Crippen molar-refractivity contribution in [2.45, 2.75) is 26.8 Å². The van der Waals surface area contributed by atoms with Gasteiger partial charge in [0.1, 0.15) is 30.0 Å². The van der Waals surface area contributed by atoms with Crippen molar-refractivity contribution in [1.82, 2.24) is 39.0 Å². The Hall–Kier alpha value is -5.62. The molecule has 0 saturated heterocycles. The van der Waals surface area contributed by atoms with Crippen LogP contribution in [0.1, 0.15) is 27.9 Å². The van der Waals surface area contributed by atoms with E-state index in [-0.39, 0.29) is 0 Å². The van der Waals surface area contributed by atoms with Gasteiger partial charge in [0.2, 0.25) is 11.9 Å². The van der Waals surface area contributed by atoms with Gasteiger partial charge >= 0.3 is 0 Å². The number of anilines is 2. The first-order valence-corrected chi connectivity index (χ1v) is 14.9. The van der Waals surface area contributed by atoms with Crippen molar-refractivity contribution in [2.75, 3.05) is 38.0 Å². The average Bonchev–Trinajstić information content (AvgIpc) is 3.83. The number of rotatable bonds is 12. The van der Waals surface area contributed by atoms with E-state index >= 15 is 0 Å². The minimum atomic E-state index is 0.576. The molecule has 4 aromatic heterocycles. The maximum atomic E-state index is 5.30. The van der Waals surface area contributed by atoms with Crippen molar-refractivity contribution in [2.24, 2.45) is 0 Å². The summed E-state index contributed by atoms with van der Waals surface area (Å²) in [6.45, 7) is 6.03. The van der Waals surface area contributed by atoms with E-state index in [1.54, 1.807) is 48.4 Å². The van der Waals surface area contributed by atoms with Gasteiger partial charge in [0.15, 0.2) is 0 Å². The number of aromatic nitrogens is 8. The molecule has 2 aromatic carbocycles. The molecule has 0 spiro atoms. The van der Waals surface area contributed by atoms with E-state index in [0.717, 1.165) is 46.3 Å². The number of hydrogen-bond donors (Lipinski definition) is 2. The predicted molar refractivity (Wildman–Crippen MR) is 178 cm³/mol. The lowest BCUT2D eigenvalue weighted by Crippen LogP contribution is -2.13. The quantitative estimate of drug-likeness (QED) is 0.176. The number of imidazole rings is 2. The lowest BCUT2D eigenvalue weighted by Gasteiger charge is -2.13. The van der Waals surface area contributed by atoms with Crippen LogP contribution >= 0.6 is 0 Å². The molecule has 0 atom stereocenters. The Morgan fingerprint density at radius 2 is 1.48 bits per heavy atom. The van der Waals surface area contributed by atoms with Crippen LogP contribution in [0.5, 0.6) is 5.75 Å².